The SMILES string of the molecule is O=[N+]([O-])c1ccccc1N(c1nc(Cl)nc(Cl)n1)c1nc(Cl)nc(Cl)n1. The quantitative estimate of drug-likeness (QED) is 0.442. The van der Waals surface area contributed by atoms with E-state index in [1.54, 1.807) is 6.07 Å². The fourth-order valence-corrected chi connectivity index (χ4v) is 2.65. The molecule has 0 saturated carbocycles. The van der Waals surface area contributed by atoms with Gasteiger partial charge in [0.1, 0.15) is 5.69 Å². The van der Waals surface area contributed by atoms with Gasteiger partial charge in [-0.3, -0.25) is 10.1 Å². The average Bonchev–Trinajstić information content (AvgIpc) is 2.53. The molecule has 0 aliphatic rings. The second-order valence-electron chi connectivity index (χ2n) is 4.43. The van der Waals surface area contributed by atoms with Crippen molar-refractivity contribution in [3.8, 4) is 0 Å². The fraction of sp³-hybridized carbons (Fsp3) is 0. The molecule has 10 nitrogen and oxygen atoms in total. The Hall–Kier alpha value is -2.40. The number of nitro benzene ring substituents is 1. The van der Waals surface area contributed by atoms with Crippen LogP contribution in [0.1, 0.15) is 0 Å². The average molecular weight is 434 g/mol. The Morgan fingerprint density at radius 2 is 1.19 bits per heavy atom. The maximum absolute atomic E-state index is 11.4. The minimum atomic E-state index is -0.600. The number of benzene rings is 1. The third-order valence-electron chi connectivity index (χ3n) is 2.86. The number of halogens is 4. The van der Waals surface area contributed by atoms with Gasteiger partial charge in [-0.2, -0.15) is 29.9 Å². The van der Waals surface area contributed by atoms with E-state index < -0.39 is 4.92 Å². The van der Waals surface area contributed by atoms with Crippen LogP contribution in [0.25, 0.3) is 0 Å². The van der Waals surface area contributed by atoms with Crippen molar-refractivity contribution < 1.29 is 4.92 Å². The molecule has 3 aromatic rings. The van der Waals surface area contributed by atoms with Crippen LogP contribution in [0.4, 0.5) is 23.3 Å². The monoisotopic (exact) mass is 432 g/mol. The van der Waals surface area contributed by atoms with E-state index in [1.165, 1.54) is 18.2 Å². The van der Waals surface area contributed by atoms with E-state index in [0.717, 1.165) is 4.90 Å². The number of anilines is 3. The predicted octanol–water partition coefficient (Wildman–Crippen LogP) is 4.05. The summed E-state index contributed by atoms with van der Waals surface area (Å²) >= 11 is 23.3. The highest BCUT2D eigenvalue weighted by atomic mass is 35.5. The van der Waals surface area contributed by atoms with Gasteiger partial charge in [0.15, 0.2) is 0 Å². The van der Waals surface area contributed by atoms with Crippen LogP contribution in [-0.2, 0) is 0 Å². The lowest BCUT2D eigenvalue weighted by molar-refractivity contribution is -0.384. The first-order valence-corrected chi connectivity index (χ1v) is 8.04. The molecular weight excluding hydrogens is 430 g/mol. The molecule has 0 amide bonds. The van der Waals surface area contributed by atoms with Crippen molar-refractivity contribution in [3.63, 3.8) is 0 Å². The molecule has 0 saturated heterocycles. The third-order valence-corrected chi connectivity index (χ3v) is 3.53. The van der Waals surface area contributed by atoms with Crippen molar-refractivity contribution in [2.75, 3.05) is 4.90 Å². The van der Waals surface area contributed by atoms with Gasteiger partial charge in [-0.05, 0) is 52.5 Å². The highest BCUT2D eigenvalue weighted by Crippen LogP contribution is 2.37. The van der Waals surface area contributed by atoms with E-state index in [1.807, 2.05) is 0 Å². The maximum atomic E-state index is 11.4. The van der Waals surface area contributed by atoms with E-state index in [0.29, 0.717) is 0 Å². The zero-order valence-corrected chi connectivity index (χ0v) is 15.2. The van der Waals surface area contributed by atoms with Gasteiger partial charge in [-0.1, -0.05) is 12.1 Å². The van der Waals surface area contributed by atoms with Crippen LogP contribution in [0.2, 0.25) is 21.1 Å². The Morgan fingerprint density at radius 3 is 1.62 bits per heavy atom. The van der Waals surface area contributed by atoms with Crippen LogP contribution in [0.5, 0.6) is 0 Å². The Balaban J connectivity index is 2.31. The molecule has 1 aromatic carbocycles. The first kappa shape index (κ1) is 18.4. The summed E-state index contributed by atoms with van der Waals surface area (Å²) in [5.41, 5.74) is -0.262. The molecule has 0 spiro atoms. The van der Waals surface area contributed by atoms with E-state index in [9.17, 15) is 10.1 Å². The van der Waals surface area contributed by atoms with Gasteiger partial charge >= 0.3 is 0 Å². The highest BCUT2D eigenvalue weighted by Gasteiger charge is 2.27. The second-order valence-corrected chi connectivity index (χ2v) is 5.78. The van der Waals surface area contributed by atoms with E-state index in [2.05, 4.69) is 29.9 Å². The predicted molar refractivity (Wildman–Crippen MR) is 94.6 cm³/mol. The van der Waals surface area contributed by atoms with Crippen molar-refractivity contribution in [3.05, 3.63) is 55.5 Å². The number of para-hydroxylation sites is 2. The summed E-state index contributed by atoms with van der Waals surface area (Å²) in [6.07, 6.45) is 0. The molecule has 0 radical (unpaired) electrons. The van der Waals surface area contributed by atoms with Gasteiger partial charge in [0, 0.05) is 6.07 Å². The smallest absolute Gasteiger partial charge is 0.258 e. The highest BCUT2D eigenvalue weighted by molar-refractivity contribution is 6.31. The number of hydrogen-bond acceptors (Lipinski definition) is 9. The van der Waals surface area contributed by atoms with Gasteiger partial charge in [0.25, 0.3) is 5.69 Å². The van der Waals surface area contributed by atoms with Crippen LogP contribution < -0.4 is 4.90 Å². The molecule has 132 valence electrons. The van der Waals surface area contributed by atoms with Gasteiger partial charge < -0.3 is 0 Å². The van der Waals surface area contributed by atoms with Crippen molar-refractivity contribution in [1.82, 2.24) is 29.9 Å². The van der Waals surface area contributed by atoms with Crippen molar-refractivity contribution in [1.29, 1.82) is 0 Å². The van der Waals surface area contributed by atoms with Gasteiger partial charge in [-0.15, -0.1) is 0 Å². The largest absolute Gasteiger partial charge is 0.293 e. The lowest BCUT2D eigenvalue weighted by Gasteiger charge is -2.20. The molecule has 3 rings (SSSR count). The summed E-state index contributed by atoms with van der Waals surface area (Å²) in [5, 5.41) is 10.5. The lowest BCUT2D eigenvalue weighted by atomic mass is 10.2. The topological polar surface area (TPSA) is 124 Å². The molecule has 0 aliphatic heterocycles. The van der Waals surface area contributed by atoms with Crippen molar-refractivity contribution in [2.45, 2.75) is 0 Å². The van der Waals surface area contributed by atoms with Crippen molar-refractivity contribution >= 4 is 69.7 Å². The zero-order chi connectivity index (χ0) is 18.8. The molecule has 2 aromatic heterocycles. The van der Waals surface area contributed by atoms with E-state index in [4.69, 9.17) is 46.4 Å². The Morgan fingerprint density at radius 1 is 0.769 bits per heavy atom. The summed E-state index contributed by atoms with van der Waals surface area (Å²) in [6, 6.07) is 5.75. The summed E-state index contributed by atoms with van der Waals surface area (Å²) in [7, 11) is 0. The Kier molecular flexibility index (Phi) is 5.28. The summed E-state index contributed by atoms with van der Waals surface area (Å²) in [5.74, 6) is -0.356. The van der Waals surface area contributed by atoms with Crippen LogP contribution in [0.15, 0.2) is 24.3 Å². The second kappa shape index (κ2) is 7.46. The van der Waals surface area contributed by atoms with Crippen LogP contribution in [-0.4, -0.2) is 34.8 Å². The normalized spacial score (nSPS) is 10.6. The molecule has 2 heterocycles. The third kappa shape index (κ3) is 3.88. The van der Waals surface area contributed by atoms with E-state index >= 15 is 0 Å². The molecule has 0 N–H and O–H groups in total. The standard InChI is InChI=1S/C12H4Cl4N8O2/c13-7-17-8(14)20-11(19-7)23(12-21-9(15)18-10(16)22-12)5-3-1-2-4-6(5)24(25)26/h1-4H. The van der Waals surface area contributed by atoms with Crippen LogP contribution >= 0.6 is 46.4 Å². The van der Waals surface area contributed by atoms with Crippen LogP contribution in [0, 0.1) is 10.1 Å². The number of nitro groups is 1. The summed E-state index contributed by atoms with van der Waals surface area (Å²) in [6.45, 7) is 0. The molecule has 0 bridgehead atoms. The maximum Gasteiger partial charge on any atom is 0.293 e. The number of nitrogens with zero attached hydrogens (tertiary/aromatic N) is 8. The lowest BCUT2D eigenvalue weighted by Crippen LogP contribution is -2.18. The van der Waals surface area contributed by atoms with Gasteiger partial charge in [0.2, 0.25) is 33.0 Å². The van der Waals surface area contributed by atoms with Crippen molar-refractivity contribution in [2.24, 2.45) is 0 Å². The molecular formula is C12H4Cl4N8O2. The minimum absolute atomic E-state index is 0.0224. The van der Waals surface area contributed by atoms with Gasteiger partial charge in [0.05, 0.1) is 4.92 Å². The molecule has 0 atom stereocenters. The number of rotatable bonds is 4. The summed E-state index contributed by atoms with van der Waals surface area (Å²) < 4.78 is 0. The fourth-order valence-electron chi connectivity index (χ4n) is 1.94. The van der Waals surface area contributed by atoms with Gasteiger partial charge in [-0.25, -0.2) is 4.90 Å². The Bertz CT molecular complexity index is 913. The minimum Gasteiger partial charge on any atom is -0.258 e. The first-order valence-electron chi connectivity index (χ1n) is 6.53. The molecule has 14 heteroatoms. The summed E-state index contributed by atoms with van der Waals surface area (Å²) in [4.78, 5) is 34.9. The molecule has 0 aliphatic carbocycles. The number of aromatic nitrogens is 6. The van der Waals surface area contributed by atoms with E-state index in [-0.39, 0.29) is 44.4 Å². The number of hydrogen-bond donors (Lipinski definition) is 0. The first-order chi connectivity index (χ1) is 12.3. The Labute approximate surface area is 164 Å². The zero-order valence-electron chi connectivity index (χ0n) is 12.2. The molecule has 26 heavy (non-hydrogen) atoms. The van der Waals surface area contributed by atoms with Crippen LogP contribution in [0.3, 0.4) is 0 Å². The molecule has 0 fully saturated rings. The molecule has 0 unspecified atom stereocenters.